The molecular weight excluding hydrogens is 240 g/mol. The second-order valence-electron chi connectivity index (χ2n) is 5.41. The molecule has 0 spiro atoms. The highest BCUT2D eigenvalue weighted by atomic mass is 15.5. The van der Waals surface area contributed by atoms with E-state index in [1.54, 1.807) is 11.0 Å². The zero-order valence-electron chi connectivity index (χ0n) is 11.0. The molecule has 1 aliphatic heterocycles. The van der Waals surface area contributed by atoms with Crippen molar-refractivity contribution >= 4 is 11.5 Å². The van der Waals surface area contributed by atoms with Crippen LogP contribution in [0.1, 0.15) is 24.6 Å². The lowest BCUT2D eigenvalue weighted by atomic mass is 9.95. The summed E-state index contributed by atoms with van der Waals surface area (Å²) in [6.07, 6.45) is 4.24. The van der Waals surface area contributed by atoms with Crippen LogP contribution >= 0.6 is 0 Å². The lowest BCUT2D eigenvalue weighted by molar-refractivity contribution is 0.556. The highest BCUT2D eigenvalue weighted by Gasteiger charge is 2.43. The van der Waals surface area contributed by atoms with Gasteiger partial charge in [-0.25, -0.2) is 4.98 Å². The number of pyridine rings is 1. The first-order chi connectivity index (χ1) is 9.16. The van der Waals surface area contributed by atoms with E-state index in [9.17, 15) is 0 Å². The highest BCUT2D eigenvalue weighted by molar-refractivity contribution is 5.87. The summed E-state index contributed by atoms with van der Waals surface area (Å²) in [5.41, 5.74) is 10.1. The highest BCUT2D eigenvalue weighted by Crippen LogP contribution is 2.52. The third-order valence-corrected chi connectivity index (χ3v) is 4.07. The molecule has 1 atom stereocenters. The van der Waals surface area contributed by atoms with Crippen molar-refractivity contribution in [3.05, 3.63) is 18.0 Å². The van der Waals surface area contributed by atoms with Gasteiger partial charge < -0.3 is 10.6 Å². The van der Waals surface area contributed by atoms with Crippen molar-refractivity contribution in [1.29, 1.82) is 0 Å². The second-order valence-corrected chi connectivity index (χ2v) is 5.41. The van der Waals surface area contributed by atoms with Gasteiger partial charge in [-0.15, -0.1) is 0 Å². The van der Waals surface area contributed by atoms with E-state index in [-0.39, 0.29) is 6.04 Å². The largest absolute Gasteiger partial charge is 0.382 e. The third kappa shape index (κ3) is 1.39. The first-order valence-corrected chi connectivity index (χ1v) is 6.55. The van der Waals surface area contributed by atoms with Gasteiger partial charge in [-0.2, -0.15) is 15.0 Å². The summed E-state index contributed by atoms with van der Waals surface area (Å²) in [5, 5.41) is 9.10. The molecule has 2 aliphatic rings. The standard InChI is InChI=1S/C13H16N6/c1-18-11(7-3-4-7)10-9(16-19(2)17-10)8-5-6-15-13(14)12(8)18/h5-7,11H,3-4H2,1-2H3,(H2,14,15). The van der Waals surface area contributed by atoms with Crippen LogP contribution in [-0.2, 0) is 7.05 Å². The Bertz CT molecular complexity index is 657. The number of aryl methyl sites for hydroxylation is 1. The van der Waals surface area contributed by atoms with Crippen molar-refractivity contribution in [2.24, 2.45) is 13.0 Å². The van der Waals surface area contributed by atoms with Gasteiger partial charge in [0.2, 0.25) is 0 Å². The maximum atomic E-state index is 6.07. The van der Waals surface area contributed by atoms with Crippen LogP contribution in [-0.4, -0.2) is 27.0 Å². The fourth-order valence-electron chi connectivity index (χ4n) is 3.12. The van der Waals surface area contributed by atoms with Crippen molar-refractivity contribution in [2.45, 2.75) is 18.9 Å². The molecule has 98 valence electrons. The molecule has 1 unspecified atom stereocenters. The van der Waals surface area contributed by atoms with E-state index < -0.39 is 0 Å². The van der Waals surface area contributed by atoms with E-state index in [1.807, 2.05) is 13.1 Å². The van der Waals surface area contributed by atoms with Gasteiger partial charge in [-0.3, -0.25) is 0 Å². The summed E-state index contributed by atoms with van der Waals surface area (Å²) in [7, 11) is 3.95. The van der Waals surface area contributed by atoms with Crippen LogP contribution in [0.4, 0.5) is 11.5 Å². The molecule has 0 bridgehead atoms. The Labute approximate surface area is 111 Å². The Kier molecular flexibility index (Phi) is 1.97. The predicted molar refractivity (Wildman–Crippen MR) is 72.5 cm³/mol. The summed E-state index contributed by atoms with van der Waals surface area (Å²) in [4.78, 5) is 8.10. The van der Waals surface area contributed by atoms with E-state index in [0.29, 0.717) is 11.7 Å². The Morgan fingerprint density at radius 2 is 2.05 bits per heavy atom. The van der Waals surface area contributed by atoms with Crippen molar-refractivity contribution in [3.63, 3.8) is 0 Å². The van der Waals surface area contributed by atoms with Crippen molar-refractivity contribution in [3.8, 4) is 11.3 Å². The summed E-state index contributed by atoms with van der Waals surface area (Å²) in [6.45, 7) is 0. The van der Waals surface area contributed by atoms with Gasteiger partial charge in [0.05, 0.1) is 11.7 Å². The average molecular weight is 256 g/mol. The Morgan fingerprint density at radius 1 is 1.26 bits per heavy atom. The van der Waals surface area contributed by atoms with Crippen LogP contribution < -0.4 is 10.6 Å². The van der Waals surface area contributed by atoms with Gasteiger partial charge in [-0.05, 0) is 24.8 Å². The Balaban J connectivity index is 2.00. The number of nitrogens with two attached hydrogens (primary N) is 1. The van der Waals surface area contributed by atoms with Crippen LogP contribution in [0.2, 0.25) is 0 Å². The summed E-state index contributed by atoms with van der Waals surface area (Å²) >= 11 is 0. The first kappa shape index (κ1) is 10.8. The lowest BCUT2D eigenvalue weighted by Gasteiger charge is -2.34. The molecule has 1 fully saturated rings. The third-order valence-electron chi connectivity index (χ3n) is 4.07. The van der Waals surface area contributed by atoms with Crippen LogP contribution in [0.15, 0.2) is 12.3 Å². The SMILES string of the molecule is CN1c2c(ccnc2N)-c2nn(C)nc2C1C1CC1. The number of anilines is 2. The molecule has 3 heterocycles. The summed E-state index contributed by atoms with van der Waals surface area (Å²) in [6, 6.07) is 2.25. The van der Waals surface area contributed by atoms with Crippen molar-refractivity contribution in [2.75, 3.05) is 17.7 Å². The molecule has 6 heteroatoms. The van der Waals surface area contributed by atoms with Gasteiger partial charge in [0.15, 0.2) is 0 Å². The number of rotatable bonds is 1. The minimum Gasteiger partial charge on any atom is -0.382 e. The van der Waals surface area contributed by atoms with Crippen molar-refractivity contribution in [1.82, 2.24) is 20.0 Å². The van der Waals surface area contributed by atoms with Crippen molar-refractivity contribution < 1.29 is 0 Å². The molecule has 19 heavy (non-hydrogen) atoms. The molecule has 4 rings (SSSR count). The van der Waals surface area contributed by atoms with Crippen LogP contribution in [0.25, 0.3) is 11.3 Å². The van der Waals surface area contributed by atoms with E-state index in [0.717, 1.165) is 22.6 Å². The fraction of sp³-hybridized carbons (Fsp3) is 0.462. The van der Waals surface area contributed by atoms with E-state index in [4.69, 9.17) is 5.73 Å². The maximum Gasteiger partial charge on any atom is 0.147 e. The molecule has 2 N–H and O–H groups in total. The number of aromatic nitrogens is 4. The molecular formula is C13H16N6. The molecule has 2 aromatic heterocycles. The van der Waals surface area contributed by atoms with Gasteiger partial charge >= 0.3 is 0 Å². The lowest BCUT2D eigenvalue weighted by Crippen LogP contribution is -2.31. The van der Waals surface area contributed by atoms with E-state index in [1.165, 1.54) is 12.8 Å². The fourth-order valence-corrected chi connectivity index (χ4v) is 3.12. The minimum absolute atomic E-state index is 0.280. The normalized spacial score (nSPS) is 21.2. The quantitative estimate of drug-likeness (QED) is 0.834. The number of hydrogen-bond donors (Lipinski definition) is 1. The Morgan fingerprint density at radius 3 is 2.79 bits per heavy atom. The minimum atomic E-state index is 0.280. The molecule has 1 saturated carbocycles. The zero-order valence-corrected chi connectivity index (χ0v) is 11.0. The molecule has 0 amide bonds. The molecule has 0 aromatic carbocycles. The van der Waals surface area contributed by atoms with Crippen LogP contribution in [0.3, 0.4) is 0 Å². The van der Waals surface area contributed by atoms with Gasteiger partial charge in [0.25, 0.3) is 0 Å². The summed E-state index contributed by atoms with van der Waals surface area (Å²) in [5.74, 6) is 1.23. The molecule has 6 nitrogen and oxygen atoms in total. The monoisotopic (exact) mass is 256 g/mol. The number of fused-ring (bicyclic) bond motifs is 3. The number of hydrogen-bond acceptors (Lipinski definition) is 5. The first-order valence-electron chi connectivity index (χ1n) is 6.55. The molecule has 2 aromatic rings. The summed E-state index contributed by atoms with van der Waals surface area (Å²) < 4.78 is 0. The average Bonchev–Trinajstić information content (AvgIpc) is 3.11. The Hall–Kier alpha value is -2.11. The number of nitrogens with zero attached hydrogens (tertiary/aromatic N) is 5. The van der Waals surface area contributed by atoms with Gasteiger partial charge in [-0.1, -0.05) is 0 Å². The van der Waals surface area contributed by atoms with E-state index in [2.05, 4.69) is 27.1 Å². The zero-order chi connectivity index (χ0) is 13.1. The van der Waals surface area contributed by atoms with E-state index >= 15 is 0 Å². The number of nitrogen functional groups attached to an aromatic ring is 1. The van der Waals surface area contributed by atoms with Crippen LogP contribution in [0.5, 0.6) is 0 Å². The van der Waals surface area contributed by atoms with Gasteiger partial charge in [0, 0.05) is 25.9 Å². The topological polar surface area (TPSA) is 72.9 Å². The molecule has 0 radical (unpaired) electrons. The maximum absolute atomic E-state index is 6.07. The predicted octanol–water partition coefficient (Wildman–Crippen LogP) is 1.36. The van der Waals surface area contributed by atoms with Gasteiger partial charge in [0.1, 0.15) is 17.2 Å². The smallest absolute Gasteiger partial charge is 0.147 e. The second kappa shape index (κ2) is 3.46. The molecule has 1 aliphatic carbocycles. The van der Waals surface area contributed by atoms with Crippen LogP contribution in [0, 0.1) is 5.92 Å². The molecule has 0 saturated heterocycles.